The van der Waals surface area contributed by atoms with Crippen LogP contribution in [0.1, 0.15) is 24.9 Å². The second-order valence-corrected chi connectivity index (χ2v) is 3.21. The zero-order valence-electron chi connectivity index (χ0n) is 8.44. The maximum atomic E-state index is 8.84. The standard InChI is InChI=1S/C11H17NO2/c1-2-7-14-10-5-3-9(4-6-10)11(12)8-13/h3-6,11,13H,2,7-8,12H2,1H3. The molecule has 0 aromatic heterocycles. The van der Waals surface area contributed by atoms with Crippen LogP contribution in [-0.2, 0) is 0 Å². The molecule has 1 unspecified atom stereocenters. The Kier molecular flexibility index (Phi) is 4.43. The summed E-state index contributed by atoms with van der Waals surface area (Å²) in [5, 5.41) is 8.84. The van der Waals surface area contributed by atoms with E-state index >= 15 is 0 Å². The van der Waals surface area contributed by atoms with Crippen molar-refractivity contribution >= 4 is 0 Å². The lowest BCUT2D eigenvalue weighted by molar-refractivity contribution is 0.267. The molecule has 0 amide bonds. The molecule has 78 valence electrons. The highest BCUT2D eigenvalue weighted by molar-refractivity contribution is 5.29. The lowest BCUT2D eigenvalue weighted by atomic mass is 10.1. The average Bonchev–Trinajstić information content (AvgIpc) is 2.26. The van der Waals surface area contributed by atoms with Crippen molar-refractivity contribution in [2.75, 3.05) is 13.2 Å². The van der Waals surface area contributed by atoms with Crippen molar-refractivity contribution in [1.29, 1.82) is 0 Å². The third-order valence-corrected chi connectivity index (χ3v) is 1.98. The van der Waals surface area contributed by atoms with Crippen LogP contribution >= 0.6 is 0 Å². The monoisotopic (exact) mass is 195 g/mol. The lowest BCUT2D eigenvalue weighted by Gasteiger charge is -2.09. The summed E-state index contributed by atoms with van der Waals surface area (Å²) >= 11 is 0. The Balaban J connectivity index is 2.59. The zero-order valence-corrected chi connectivity index (χ0v) is 8.44. The largest absolute Gasteiger partial charge is 0.494 e. The predicted molar refractivity (Wildman–Crippen MR) is 56.2 cm³/mol. The fourth-order valence-electron chi connectivity index (χ4n) is 1.14. The van der Waals surface area contributed by atoms with E-state index in [2.05, 4.69) is 6.92 Å². The van der Waals surface area contributed by atoms with Crippen LogP contribution in [0.4, 0.5) is 0 Å². The SMILES string of the molecule is CCCOc1ccc(C(N)CO)cc1. The highest BCUT2D eigenvalue weighted by Gasteiger charge is 2.03. The maximum Gasteiger partial charge on any atom is 0.119 e. The van der Waals surface area contributed by atoms with Crippen molar-refractivity contribution in [3.63, 3.8) is 0 Å². The van der Waals surface area contributed by atoms with Gasteiger partial charge in [0.1, 0.15) is 5.75 Å². The van der Waals surface area contributed by atoms with E-state index in [4.69, 9.17) is 15.6 Å². The molecule has 0 aliphatic rings. The third-order valence-electron chi connectivity index (χ3n) is 1.98. The Hall–Kier alpha value is -1.06. The van der Waals surface area contributed by atoms with E-state index in [1.54, 1.807) is 0 Å². The van der Waals surface area contributed by atoms with Crippen molar-refractivity contribution in [2.45, 2.75) is 19.4 Å². The second kappa shape index (κ2) is 5.62. The minimum atomic E-state index is -0.296. The first-order chi connectivity index (χ1) is 6.77. The average molecular weight is 195 g/mol. The van der Waals surface area contributed by atoms with E-state index in [0.29, 0.717) is 0 Å². The first kappa shape index (κ1) is 11.0. The fourth-order valence-corrected chi connectivity index (χ4v) is 1.14. The van der Waals surface area contributed by atoms with Gasteiger partial charge in [-0.3, -0.25) is 0 Å². The van der Waals surface area contributed by atoms with E-state index in [1.807, 2.05) is 24.3 Å². The Morgan fingerprint density at radius 3 is 2.50 bits per heavy atom. The van der Waals surface area contributed by atoms with Gasteiger partial charge in [-0.05, 0) is 24.1 Å². The van der Waals surface area contributed by atoms with E-state index in [9.17, 15) is 0 Å². The van der Waals surface area contributed by atoms with Crippen LogP contribution in [0.15, 0.2) is 24.3 Å². The van der Waals surface area contributed by atoms with Gasteiger partial charge in [0.05, 0.1) is 19.3 Å². The van der Waals surface area contributed by atoms with Gasteiger partial charge in [-0.1, -0.05) is 19.1 Å². The van der Waals surface area contributed by atoms with Crippen LogP contribution in [0.2, 0.25) is 0 Å². The van der Waals surface area contributed by atoms with E-state index < -0.39 is 0 Å². The van der Waals surface area contributed by atoms with Gasteiger partial charge in [-0.25, -0.2) is 0 Å². The molecule has 0 heterocycles. The summed E-state index contributed by atoms with van der Waals surface area (Å²) in [4.78, 5) is 0. The third kappa shape index (κ3) is 3.01. The number of hydrogen-bond acceptors (Lipinski definition) is 3. The summed E-state index contributed by atoms with van der Waals surface area (Å²) in [6, 6.07) is 7.22. The Morgan fingerprint density at radius 1 is 1.36 bits per heavy atom. The highest BCUT2D eigenvalue weighted by Crippen LogP contribution is 2.16. The van der Waals surface area contributed by atoms with Gasteiger partial charge in [-0.15, -0.1) is 0 Å². The van der Waals surface area contributed by atoms with Crippen LogP contribution in [0.25, 0.3) is 0 Å². The summed E-state index contributed by atoms with van der Waals surface area (Å²) in [7, 11) is 0. The predicted octanol–water partition coefficient (Wildman–Crippen LogP) is 1.47. The lowest BCUT2D eigenvalue weighted by Crippen LogP contribution is -2.14. The Labute approximate surface area is 84.5 Å². The van der Waals surface area contributed by atoms with Crippen molar-refractivity contribution < 1.29 is 9.84 Å². The number of rotatable bonds is 5. The van der Waals surface area contributed by atoms with Crippen LogP contribution in [0.5, 0.6) is 5.75 Å². The molecule has 0 aliphatic heterocycles. The van der Waals surface area contributed by atoms with Crippen molar-refractivity contribution in [3.8, 4) is 5.75 Å². The molecule has 0 saturated heterocycles. The first-order valence-corrected chi connectivity index (χ1v) is 4.87. The molecule has 0 radical (unpaired) electrons. The van der Waals surface area contributed by atoms with Crippen LogP contribution in [0.3, 0.4) is 0 Å². The molecule has 0 fully saturated rings. The van der Waals surface area contributed by atoms with Crippen LogP contribution in [0, 0.1) is 0 Å². The topological polar surface area (TPSA) is 55.5 Å². The molecule has 3 N–H and O–H groups in total. The van der Waals surface area contributed by atoms with Crippen molar-refractivity contribution in [3.05, 3.63) is 29.8 Å². The van der Waals surface area contributed by atoms with Crippen LogP contribution < -0.4 is 10.5 Å². The van der Waals surface area contributed by atoms with Crippen molar-refractivity contribution in [2.24, 2.45) is 5.73 Å². The summed E-state index contributed by atoms with van der Waals surface area (Å²) in [6.45, 7) is 2.76. The van der Waals surface area contributed by atoms with Gasteiger partial charge in [0.15, 0.2) is 0 Å². The summed E-state index contributed by atoms with van der Waals surface area (Å²) in [5.74, 6) is 0.848. The van der Waals surface area contributed by atoms with E-state index in [1.165, 1.54) is 0 Å². The molecule has 1 rings (SSSR count). The van der Waals surface area contributed by atoms with Gasteiger partial charge in [-0.2, -0.15) is 0 Å². The zero-order chi connectivity index (χ0) is 10.4. The molecule has 0 spiro atoms. The van der Waals surface area contributed by atoms with Crippen LogP contribution in [-0.4, -0.2) is 18.3 Å². The Bertz CT molecular complexity index is 258. The smallest absolute Gasteiger partial charge is 0.119 e. The summed E-state index contributed by atoms with van der Waals surface area (Å²) in [5.41, 5.74) is 6.58. The molecule has 0 aliphatic carbocycles. The van der Waals surface area contributed by atoms with Gasteiger partial charge in [0.25, 0.3) is 0 Å². The van der Waals surface area contributed by atoms with Gasteiger partial charge in [0, 0.05) is 0 Å². The molecule has 3 nitrogen and oxygen atoms in total. The molecule has 1 atom stereocenters. The molecule has 1 aromatic rings. The molecular formula is C11H17NO2. The molecule has 14 heavy (non-hydrogen) atoms. The normalized spacial score (nSPS) is 12.5. The maximum absolute atomic E-state index is 8.84. The minimum absolute atomic E-state index is 0.0326. The molecular weight excluding hydrogens is 178 g/mol. The fraction of sp³-hybridized carbons (Fsp3) is 0.455. The minimum Gasteiger partial charge on any atom is -0.494 e. The molecule has 3 heteroatoms. The number of aliphatic hydroxyl groups excluding tert-OH is 1. The quantitative estimate of drug-likeness (QED) is 0.748. The number of ether oxygens (including phenoxy) is 1. The number of benzene rings is 1. The number of hydrogen-bond donors (Lipinski definition) is 2. The highest BCUT2D eigenvalue weighted by atomic mass is 16.5. The molecule has 1 aromatic carbocycles. The van der Waals surface area contributed by atoms with E-state index in [0.717, 1.165) is 24.3 Å². The first-order valence-electron chi connectivity index (χ1n) is 4.87. The molecule has 0 saturated carbocycles. The van der Waals surface area contributed by atoms with Gasteiger partial charge < -0.3 is 15.6 Å². The van der Waals surface area contributed by atoms with Crippen molar-refractivity contribution in [1.82, 2.24) is 0 Å². The number of aliphatic hydroxyl groups is 1. The van der Waals surface area contributed by atoms with Gasteiger partial charge >= 0.3 is 0 Å². The number of nitrogens with two attached hydrogens (primary N) is 1. The summed E-state index contributed by atoms with van der Waals surface area (Å²) in [6.07, 6.45) is 0.998. The molecule has 0 bridgehead atoms. The summed E-state index contributed by atoms with van der Waals surface area (Å²) < 4.78 is 5.42. The Morgan fingerprint density at radius 2 is 2.00 bits per heavy atom. The van der Waals surface area contributed by atoms with E-state index in [-0.39, 0.29) is 12.6 Å². The second-order valence-electron chi connectivity index (χ2n) is 3.21. The van der Waals surface area contributed by atoms with Gasteiger partial charge in [0.2, 0.25) is 0 Å².